The lowest BCUT2D eigenvalue weighted by Gasteiger charge is -1.98. The standard InChI is InChI=1S/C10H16O/c1-9(2)5-4-6-10(3)7-8-11/h7-8H,1,4-6H2,2-3H3/b10-7+. The van der Waals surface area contributed by atoms with Crippen LogP contribution in [0.1, 0.15) is 33.1 Å². The highest BCUT2D eigenvalue weighted by Gasteiger charge is 1.90. The summed E-state index contributed by atoms with van der Waals surface area (Å²) < 4.78 is 0. The van der Waals surface area contributed by atoms with E-state index in [1.807, 2.05) is 13.8 Å². The van der Waals surface area contributed by atoms with E-state index >= 15 is 0 Å². The van der Waals surface area contributed by atoms with Crippen molar-refractivity contribution in [2.24, 2.45) is 0 Å². The van der Waals surface area contributed by atoms with Gasteiger partial charge in [0, 0.05) is 0 Å². The molecule has 0 amide bonds. The average Bonchev–Trinajstić information content (AvgIpc) is 1.87. The highest BCUT2D eigenvalue weighted by molar-refractivity contribution is 5.65. The van der Waals surface area contributed by atoms with Crippen LogP contribution in [0.3, 0.4) is 0 Å². The fourth-order valence-corrected chi connectivity index (χ4v) is 0.868. The molecule has 0 unspecified atom stereocenters. The van der Waals surface area contributed by atoms with Crippen LogP contribution in [0.25, 0.3) is 0 Å². The summed E-state index contributed by atoms with van der Waals surface area (Å²) in [5, 5.41) is 0. The lowest BCUT2D eigenvalue weighted by molar-refractivity contribution is -0.104. The molecule has 62 valence electrons. The van der Waals surface area contributed by atoms with Crippen molar-refractivity contribution in [2.75, 3.05) is 0 Å². The van der Waals surface area contributed by atoms with E-state index in [1.54, 1.807) is 6.08 Å². The highest BCUT2D eigenvalue weighted by atomic mass is 16.1. The molecule has 0 aromatic carbocycles. The Labute approximate surface area is 68.8 Å². The molecule has 1 nitrogen and oxygen atoms in total. The lowest BCUT2D eigenvalue weighted by atomic mass is 10.1. The van der Waals surface area contributed by atoms with Gasteiger partial charge in [-0.05, 0) is 39.2 Å². The molecule has 0 bridgehead atoms. The summed E-state index contributed by atoms with van der Waals surface area (Å²) in [4.78, 5) is 10.0. The van der Waals surface area contributed by atoms with E-state index < -0.39 is 0 Å². The van der Waals surface area contributed by atoms with Crippen LogP contribution in [0, 0.1) is 0 Å². The van der Waals surface area contributed by atoms with Gasteiger partial charge in [0.1, 0.15) is 6.29 Å². The van der Waals surface area contributed by atoms with Crippen molar-refractivity contribution in [3.05, 3.63) is 23.8 Å². The van der Waals surface area contributed by atoms with Crippen molar-refractivity contribution in [3.63, 3.8) is 0 Å². The Morgan fingerprint density at radius 1 is 1.36 bits per heavy atom. The molecule has 1 heteroatoms. The Hall–Kier alpha value is -0.850. The predicted octanol–water partition coefficient (Wildman–Crippen LogP) is 2.88. The largest absolute Gasteiger partial charge is 0.299 e. The molecule has 0 heterocycles. The van der Waals surface area contributed by atoms with Gasteiger partial charge in [-0.25, -0.2) is 0 Å². The molecule has 0 aliphatic heterocycles. The Morgan fingerprint density at radius 2 is 2.00 bits per heavy atom. The minimum absolute atomic E-state index is 0.843. The van der Waals surface area contributed by atoms with E-state index in [0.717, 1.165) is 31.1 Å². The third-order valence-corrected chi connectivity index (χ3v) is 1.53. The summed E-state index contributed by atoms with van der Waals surface area (Å²) in [7, 11) is 0. The summed E-state index contributed by atoms with van der Waals surface area (Å²) in [6.07, 6.45) is 5.63. The number of carbonyl (C=O) groups is 1. The average molecular weight is 152 g/mol. The van der Waals surface area contributed by atoms with Crippen LogP contribution in [-0.2, 0) is 4.79 Å². The predicted molar refractivity (Wildman–Crippen MR) is 48.5 cm³/mol. The minimum atomic E-state index is 0.843. The number of hydrogen-bond acceptors (Lipinski definition) is 1. The second-order valence-corrected chi connectivity index (χ2v) is 2.96. The van der Waals surface area contributed by atoms with Crippen molar-refractivity contribution in [1.82, 2.24) is 0 Å². The van der Waals surface area contributed by atoms with E-state index in [4.69, 9.17) is 0 Å². The normalized spacial score (nSPS) is 11.3. The molecule has 0 saturated heterocycles. The summed E-state index contributed by atoms with van der Waals surface area (Å²) >= 11 is 0. The van der Waals surface area contributed by atoms with Crippen LogP contribution in [0.5, 0.6) is 0 Å². The summed E-state index contributed by atoms with van der Waals surface area (Å²) in [5.74, 6) is 0. The van der Waals surface area contributed by atoms with Gasteiger partial charge in [-0.1, -0.05) is 11.1 Å². The van der Waals surface area contributed by atoms with Gasteiger partial charge in [0.2, 0.25) is 0 Å². The Bertz CT molecular complexity index is 166. The molecule has 0 N–H and O–H groups in total. The zero-order valence-electron chi connectivity index (χ0n) is 7.39. The first-order chi connectivity index (χ1) is 5.16. The molecule has 0 saturated carbocycles. The van der Waals surface area contributed by atoms with Gasteiger partial charge in [-0.15, -0.1) is 6.58 Å². The molecule has 0 rings (SSSR count). The van der Waals surface area contributed by atoms with Crippen molar-refractivity contribution in [1.29, 1.82) is 0 Å². The Morgan fingerprint density at radius 3 is 2.45 bits per heavy atom. The number of allylic oxidation sites excluding steroid dienone is 3. The third-order valence-electron chi connectivity index (χ3n) is 1.53. The van der Waals surface area contributed by atoms with Gasteiger partial charge < -0.3 is 0 Å². The smallest absolute Gasteiger partial charge is 0.142 e. The van der Waals surface area contributed by atoms with Crippen molar-refractivity contribution < 1.29 is 4.79 Å². The maximum atomic E-state index is 10.0. The number of hydrogen-bond donors (Lipinski definition) is 0. The molecule has 0 atom stereocenters. The fraction of sp³-hybridized carbons (Fsp3) is 0.500. The van der Waals surface area contributed by atoms with Crippen LogP contribution < -0.4 is 0 Å². The maximum Gasteiger partial charge on any atom is 0.142 e. The molecule has 0 radical (unpaired) electrons. The van der Waals surface area contributed by atoms with Gasteiger partial charge >= 0.3 is 0 Å². The van der Waals surface area contributed by atoms with E-state index in [0.29, 0.717) is 0 Å². The van der Waals surface area contributed by atoms with Crippen LogP contribution in [0.2, 0.25) is 0 Å². The second-order valence-electron chi connectivity index (χ2n) is 2.96. The molecular formula is C10H16O. The first-order valence-corrected chi connectivity index (χ1v) is 3.92. The summed E-state index contributed by atoms with van der Waals surface area (Å²) in [5.41, 5.74) is 2.37. The van der Waals surface area contributed by atoms with E-state index in [2.05, 4.69) is 6.58 Å². The molecule has 0 aliphatic carbocycles. The number of aldehydes is 1. The van der Waals surface area contributed by atoms with Crippen LogP contribution in [0.15, 0.2) is 23.8 Å². The first-order valence-electron chi connectivity index (χ1n) is 3.92. The van der Waals surface area contributed by atoms with E-state index in [1.165, 1.54) is 5.57 Å². The van der Waals surface area contributed by atoms with Crippen molar-refractivity contribution >= 4 is 6.29 Å². The van der Waals surface area contributed by atoms with Crippen LogP contribution in [-0.4, -0.2) is 6.29 Å². The zero-order chi connectivity index (χ0) is 8.69. The van der Waals surface area contributed by atoms with Crippen LogP contribution in [0.4, 0.5) is 0 Å². The van der Waals surface area contributed by atoms with Gasteiger partial charge in [0.15, 0.2) is 0 Å². The highest BCUT2D eigenvalue weighted by Crippen LogP contribution is 2.09. The molecule has 0 spiro atoms. The second kappa shape index (κ2) is 5.90. The Kier molecular flexibility index (Phi) is 5.44. The first kappa shape index (κ1) is 10.2. The molecular weight excluding hydrogens is 136 g/mol. The van der Waals surface area contributed by atoms with E-state index in [-0.39, 0.29) is 0 Å². The maximum absolute atomic E-state index is 10.0. The quantitative estimate of drug-likeness (QED) is 0.336. The molecule has 0 fully saturated rings. The molecule has 0 aromatic rings. The molecule has 0 aromatic heterocycles. The van der Waals surface area contributed by atoms with Crippen molar-refractivity contribution in [2.45, 2.75) is 33.1 Å². The zero-order valence-corrected chi connectivity index (χ0v) is 7.39. The summed E-state index contributed by atoms with van der Waals surface area (Å²) in [6, 6.07) is 0. The van der Waals surface area contributed by atoms with Gasteiger partial charge in [0.05, 0.1) is 0 Å². The van der Waals surface area contributed by atoms with Gasteiger partial charge in [0.25, 0.3) is 0 Å². The lowest BCUT2D eigenvalue weighted by Crippen LogP contribution is -1.80. The Balaban J connectivity index is 3.46. The SMILES string of the molecule is C=C(C)CCC/C(C)=C/C=O. The van der Waals surface area contributed by atoms with Crippen LogP contribution >= 0.6 is 0 Å². The van der Waals surface area contributed by atoms with Gasteiger partial charge in [-0.2, -0.15) is 0 Å². The topological polar surface area (TPSA) is 17.1 Å². The molecule has 0 aliphatic rings. The minimum Gasteiger partial charge on any atom is -0.299 e. The summed E-state index contributed by atoms with van der Waals surface area (Å²) in [6.45, 7) is 7.81. The monoisotopic (exact) mass is 152 g/mol. The van der Waals surface area contributed by atoms with E-state index in [9.17, 15) is 4.79 Å². The third kappa shape index (κ3) is 7.04. The number of rotatable bonds is 5. The van der Waals surface area contributed by atoms with Crippen molar-refractivity contribution in [3.8, 4) is 0 Å². The fourth-order valence-electron chi connectivity index (χ4n) is 0.868. The number of carbonyl (C=O) groups excluding carboxylic acids is 1. The van der Waals surface area contributed by atoms with Gasteiger partial charge in [-0.3, -0.25) is 4.79 Å². The molecule has 11 heavy (non-hydrogen) atoms.